The Kier molecular flexibility index (Phi) is 5.16. The molecule has 2 heterocycles. The number of carbonyl (C=O) groups is 1. The van der Waals surface area contributed by atoms with Crippen LogP contribution in [0, 0.1) is 0 Å². The summed E-state index contributed by atoms with van der Waals surface area (Å²) in [6.45, 7) is 8.72. The number of benzene rings is 1. The molecule has 1 aliphatic rings. The Morgan fingerprint density at radius 2 is 1.76 bits per heavy atom. The summed E-state index contributed by atoms with van der Waals surface area (Å²) >= 11 is 0. The molecule has 6 heteroatoms. The van der Waals surface area contributed by atoms with Crippen molar-refractivity contribution >= 4 is 17.7 Å². The number of amides is 1. The highest BCUT2D eigenvalue weighted by Gasteiger charge is 2.21. The molecule has 1 aromatic carbocycles. The fourth-order valence-electron chi connectivity index (χ4n) is 2.92. The van der Waals surface area contributed by atoms with E-state index < -0.39 is 0 Å². The van der Waals surface area contributed by atoms with Crippen molar-refractivity contribution in [3.63, 3.8) is 0 Å². The second kappa shape index (κ2) is 7.51. The molecule has 0 bridgehead atoms. The van der Waals surface area contributed by atoms with Gasteiger partial charge >= 0.3 is 0 Å². The number of carbonyl (C=O) groups excluding carboxylic acids is 1. The molecule has 0 radical (unpaired) electrons. The SMILES string of the molecule is CC(=O)N1CCN(c2nc(NC(C)C)cc(-c3ccccc3)n2)CC1. The van der Waals surface area contributed by atoms with Gasteiger partial charge in [0.2, 0.25) is 11.9 Å². The van der Waals surface area contributed by atoms with Crippen molar-refractivity contribution in [1.82, 2.24) is 14.9 Å². The zero-order chi connectivity index (χ0) is 17.8. The molecule has 0 atom stereocenters. The third kappa shape index (κ3) is 4.26. The average Bonchev–Trinajstić information content (AvgIpc) is 2.61. The van der Waals surface area contributed by atoms with Gasteiger partial charge in [0.15, 0.2) is 0 Å². The largest absolute Gasteiger partial charge is 0.368 e. The maximum absolute atomic E-state index is 11.5. The summed E-state index contributed by atoms with van der Waals surface area (Å²) in [6, 6.07) is 12.4. The van der Waals surface area contributed by atoms with Gasteiger partial charge in [-0.15, -0.1) is 0 Å². The molecule has 25 heavy (non-hydrogen) atoms. The number of aromatic nitrogens is 2. The molecule has 1 aromatic heterocycles. The van der Waals surface area contributed by atoms with Gasteiger partial charge in [-0.2, -0.15) is 4.98 Å². The van der Waals surface area contributed by atoms with Gasteiger partial charge in [-0.05, 0) is 13.8 Å². The number of piperazine rings is 1. The summed E-state index contributed by atoms with van der Waals surface area (Å²) in [4.78, 5) is 25.0. The quantitative estimate of drug-likeness (QED) is 0.928. The minimum Gasteiger partial charge on any atom is -0.368 e. The number of nitrogens with one attached hydrogen (secondary N) is 1. The van der Waals surface area contributed by atoms with Crippen molar-refractivity contribution in [1.29, 1.82) is 0 Å². The molecule has 1 saturated heterocycles. The zero-order valence-electron chi connectivity index (χ0n) is 15.1. The highest BCUT2D eigenvalue weighted by atomic mass is 16.2. The molecular weight excluding hydrogens is 314 g/mol. The Morgan fingerprint density at radius 1 is 1.08 bits per heavy atom. The topological polar surface area (TPSA) is 61.4 Å². The lowest BCUT2D eigenvalue weighted by atomic mass is 10.1. The smallest absolute Gasteiger partial charge is 0.227 e. The van der Waals surface area contributed by atoms with Crippen LogP contribution in [0.1, 0.15) is 20.8 Å². The molecule has 1 fully saturated rings. The van der Waals surface area contributed by atoms with Crippen molar-refractivity contribution in [3.05, 3.63) is 36.4 Å². The molecular formula is C19H25N5O. The molecule has 1 amide bonds. The van der Waals surface area contributed by atoms with Gasteiger partial charge in [-0.3, -0.25) is 4.79 Å². The fraction of sp³-hybridized carbons (Fsp3) is 0.421. The van der Waals surface area contributed by atoms with E-state index in [9.17, 15) is 4.79 Å². The Labute approximate surface area is 148 Å². The van der Waals surface area contributed by atoms with E-state index in [4.69, 9.17) is 9.97 Å². The number of rotatable bonds is 4. The molecule has 0 spiro atoms. The van der Waals surface area contributed by atoms with Crippen molar-refractivity contribution in [2.45, 2.75) is 26.8 Å². The summed E-state index contributed by atoms with van der Waals surface area (Å²) in [5, 5.41) is 3.38. The van der Waals surface area contributed by atoms with Gasteiger partial charge < -0.3 is 15.1 Å². The normalized spacial score (nSPS) is 14.7. The van der Waals surface area contributed by atoms with Crippen molar-refractivity contribution in [3.8, 4) is 11.3 Å². The monoisotopic (exact) mass is 339 g/mol. The fourth-order valence-corrected chi connectivity index (χ4v) is 2.92. The van der Waals surface area contributed by atoms with Gasteiger partial charge in [0, 0.05) is 50.8 Å². The standard InChI is InChI=1S/C19H25N5O/c1-14(2)20-18-13-17(16-7-5-4-6-8-16)21-19(22-18)24-11-9-23(10-12-24)15(3)25/h4-8,13-14H,9-12H2,1-3H3,(H,20,21,22). The Bertz CT molecular complexity index is 724. The van der Waals surface area contributed by atoms with Crippen LogP contribution < -0.4 is 10.2 Å². The van der Waals surface area contributed by atoms with Crippen LogP contribution in [0.5, 0.6) is 0 Å². The highest BCUT2D eigenvalue weighted by molar-refractivity contribution is 5.73. The van der Waals surface area contributed by atoms with E-state index in [0.29, 0.717) is 25.1 Å². The van der Waals surface area contributed by atoms with E-state index >= 15 is 0 Å². The maximum atomic E-state index is 11.5. The molecule has 3 rings (SSSR count). The summed E-state index contributed by atoms with van der Waals surface area (Å²) in [5.41, 5.74) is 1.98. The van der Waals surface area contributed by atoms with Crippen molar-refractivity contribution in [2.24, 2.45) is 0 Å². The minimum absolute atomic E-state index is 0.126. The van der Waals surface area contributed by atoms with E-state index in [1.165, 1.54) is 0 Å². The molecule has 2 aromatic rings. The second-order valence-electron chi connectivity index (χ2n) is 6.60. The number of nitrogens with zero attached hydrogens (tertiary/aromatic N) is 4. The van der Waals surface area contributed by atoms with Crippen molar-refractivity contribution < 1.29 is 4.79 Å². The average molecular weight is 339 g/mol. The summed E-state index contributed by atoms with van der Waals surface area (Å²) in [5.74, 6) is 1.67. The van der Waals surface area contributed by atoms with Crippen LogP contribution in [0.2, 0.25) is 0 Å². The predicted octanol–water partition coefficient (Wildman–Crippen LogP) is 2.63. The minimum atomic E-state index is 0.126. The Hall–Kier alpha value is -2.63. The van der Waals surface area contributed by atoms with Crippen LogP contribution in [0.15, 0.2) is 36.4 Å². The lowest BCUT2D eigenvalue weighted by Gasteiger charge is -2.34. The molecule has 1 N–H and O–H groups in total. The summed E-state index contributed by atoms with van der Waals surface area (Å²) in [6.07, 6.45) is 0. The van der Waals surface area contributed by atoms with Crippen LogP contribution in [0.25, 0.3) is 11.3 Å². The van der Waals surface area contributed by atoms with Crippen LogP contribution in [0.3, 0.4) is 0 Å². The lowest BCUT2D eigenvalue weighted by molar-refractivity contribution is -0.129. The predicted molar refractivity (Wildman–Crippen MR) is 101 cm³/mol. The van der Waals surface area contributed by atoms with E-state index in [-0.39, 0.29) is 5.91 Å². The molecule has 1 aliphatic heterocycles. The first-order chi connectivity index (χ1) is 12.0. The van der Waals surface area contributed by atoms with Gasteiger partial charge in [-0.1, -0.05) is 30.3 Å². The van der Waals surface area contributed by atoms with Gasteiger partial charge in [0.25, 0.3) is 0 Å². The summed E-state index contributed by atoms with van der Waals surface area (Å²) < 4.78 is 0. The van der Waals surface area contributed by atoms with E-state index in [0.717, 1.165) is 30.2 Å². The van der Waals surface area contributed by atoms with Crippen LogP contribution >= 0.6 is 0 Å². The first kappa shape index (κ1) is 17.2. The van der Waals surface area contributed by atoms with Gasteiger partial charge in [0.1, 0.15) is 5.82 Å². The van der Waals surface area contributed by atoms with Gasteiger partial charge in [0.05, 0.1) is 5.69 Å². The number of hydrogen-bond donors (Lipinski definition) is 1. The molecule has 0 unspecified atom stereocenters. The van der Waals surface area contributed by atoms with Crippen molar-refractivity contribution in [2.75, 3.05) is 36.4 Å². The lowest BCUT2D eigenvalue weighted by Crippen LogP contribution is -2.48. The number of anilines is 2. The van der Waals surface area contributed by atoms with Crippen LogP contribution in [-0.4, -0.2) is 53.0 Å². The van der Waals surface area contributed by atoms with Gasteiger partial charge in [-0.25, -0.2) is 4.98 Å². The zero-order valence-corrected chi connectivity index (χ0v) is 15.1. The third-order valence-corrected chi connectivity index (χ3v) is 4.23. The second-order valence-corrected chi connectivity index (χ2v) is 6.60. The highest BCUT2D eigenvalue weighted by Crippen LogP contribution is 2.24. The van der Waals surface area contributed by atoms with E-state index in [1.54, 1.807) is 6.92 Å². The third-order valence-electron chi connectivity index (χ3n) is 4.23. The van der Waals surface area contributed by atoms with Crippen LogP contribution in [0.4, 0.5) is 11.8 Å². The molecule has 6 nitrogen and oxygen atoms in total. The maximum Gasteiger partial charge on any atom is 0.227 e. The molecule has 0 aliphatic carbocycles. The van der Waals surface area contributed by atoms with E-state index in [1.807, 2.05) is 29.2 Å². The van der Waals surface area contributed by atoms with Crippen LogP contribution in [-0.2, 0) is 4.79 Å². The molecule has 132 valence electrons. The summed E-state index contributed by atoms with van der Waals surface area (Å²) in [7, 11) is 0. The first-order valence-corrected chi connectivity index (χ1v) is 8.74. The number of hydrogen-bond acceptors (Lipinski definition) is 5. The van der Waals surface area contributed by atoms with E-state index in [2.05, 4.69) is 36.2 Å². The first-order valence-electron chi connectivity index (χ1n) is 8.74. The molecule has 0 saturated carbocycles. The Balaban J connectivity index is 1.89. The Morgan fingerprint density at radius 3 is 2.36 bits per heavy atom.